The van der Waals surface area contributed by atoms with Gasteiger partial charge in [-0.05, 0) is 30.9 Å². The average molecular weight is 252 g/mol. The fraction of sp³-hybridized carbons (Fsp3) is 0.500. The molecule has 1 aromatic rings. The third-order valence-electron chi connectivity index (χ3n) is 3.08. The Bertz CT molecular complexity index is 438. The highest BCUT2D eigenvalue weighted by Crippen LogP contribution is 2.34. The van der Waals surface area contributed by atoms with E-state index in [1.54, 1.807) is 6.92 Å². The molecule has 0 spiro atoms. The van der Waals surface area contributed by atoms with E-state index in [0.717, 1.165) is 19.3 Å². The minimum atomic E-state index is -1.14. The highest BCUT2D eigenvalue weighted by atomic mass is 16.4. The molecule has 4 heteroatoms. The highest BCUT2D eigenvalue weighted by Gasteiger charge is 2.20. The highest BCUT2D eigenvalue weighted by molar-refractivity contribution is 5.93. The maximum Gasteiger partial charge on any atom is 0.339 e. The van der Waals surface area contributed by atoms with Gasteiger partial charge in [0.1, 0.15) is 17.1 Å². The Kier molecular flexibility index (Phi) is 5.01. The molecule has 0 unspecified atom stereocenters. The molecule has 0 radical (unpaired) electrons. The molecule has 0 bridgehead atoms. The monoisotopic (exact) mass is 252 g/mol. The topological polar surface area (TPSA) is 77.8 Å². The third-order valence-corrected chi connectivity index (χ3v) is 3.08. The van der Waals surface area contributed by atoms with Crippen LogP contribution in [0.15, 0.2) is 6.07 Å². The number of carboxylic acids is 1. The fourth-order valence-electron chi connectivity index (χ4n) is 2.10. The van der Waals surface area contributed by atoms with Crippen molar-refractivity contribution in [3.63, 3.8) is 0 Å². The van der Waals surface area contributed by atoms with Crippen LogP contribution in [0.5, 0.6) is 11.5 Å². The zero-order valence-corrected chi connectivity index (χ0v) is 10.9. The van der Waals surface area contributed by atoms with Crippen molar-refractivity contribution < 1.29 is 20.1 Å². The first-order chi connectivity index (χ1) is 8.52. The first kappa shape index (κ1) is 14.4. The number of carbonyl (C=O) groups is 1. The van der Waals surface area contributed by atoms with Gasteiger partial charge in [0.2, 0.25) is 0 Å². The predicted molar refractivity (Wildman–Crippen MR) is 69.3 cm³/mol. The Labute approximate surface area is 107 Å². The van der Waals surface area contributed by atoms with Gasteiger partial charge in [-0.25, -0.2) is 4.79 Å². The zero-order chi connectivity index (χ0) is 13.7. The van der Waals surface area contributed by atoms with Crippen molar-refractivity contribution in [3.8, 4) is 11.5 Å². The summed E-state index contributed by atoms with van der Waals surface area (Å²) in [6.45, 7) is 3.82. The third kappa shape index (κ3) is 2.94. The minimum absolute atomic E-state index is 0.0218. The molecule has 1 rings (SSSR count). The van der Waals surface area contributed by atoms with E-state index < -0.39 is 5.97 Å². The van der Waals surface area contributed by atoms with E-state index >= 15 is 0 Å². The summed E-state index contributed by atoms with van der Waals surface area (Å²) < 4.78 is 0. The minimum Gasteiger partial charge on any atom is -0.508 e. The van der Waals surface area contributed by atoms with Crippen molar-refractivity contribution in [2.24, 2.45) is 0 Å². The van der Waals surface area contributed by atoms with Crippen LogP contribution in [0.2, 0.25) is 0 Å². The second kappa shape index (κ2) is 6.28. The number of aromatic hydroxyl groups is 2. The lowest BCUT2D eigenvalue weighted by Gasteiger charge is -2.13. The van der Waals surface area contributed by atoms with Crippen molar-refractivity contribution in [1.29, 1.82) is 0 Å². The quantitative estimate of drug-likeness (QED) is 0.680. The normalized spacial score (nSPS) is 10.6. The summed E-state index contributed by atoms with van der Waals surface area (Å²) in [7, 11) is 0. The standard InChI is InChI=1S/C14H20O4/c1-3-5-6-7-9-8-11(15)10(4-2)13(16)12(9)14(17)18/h8,15-16H,3-7H2,1-2H3,(H,17,18). The van der Waals surface area contributed by atoms with E-state index in [1.165, 1.54) is 6.07 Å². The molecule has 4 nitrogen and oxygen atoms in total. The van der Waals surface area contributed by atoms with E-state index in [4.69, 9.17) is 0 Å². The molecule has 0 heterocycles. The molecule has 0 aliphatic carbocycles. The summed E-state index contributed by atoms with van der Waals surface area (Å²) in [4.78, 5) is 11.2. The Hall–Kier alpha value is -1.71. The zero-order valence-electron chi connectivity index (χ0n) is 10.9. The maximum atomic E-state index is 11.2. The van der Waals surface area contributed by atoms with Gasteiger partial charge in [0, 0.05) is 5.56 Å². The van der Waals surface area contributed by atoms with Crippen molar-refractivity contribution in [2.75, 3.05) is 0 Å². The lowest BCUT2D eigenvalue weighted by molar-refractivity contribution is 0.0692. The Morgan fingerprint density at radius 2 is 1.89 bits per heavy atom. The van der Waals surface area contributed by atoms with Gasteiger partial charge in [0.05, 0.1) is 0 Å². The molecule has 18 heavy (non-hydrogen) atoms. The van der Waals surface area contributed by atoms with Crippen LogP contribution in [-0.2, 0) is 12.8 Å². The molecule has 100 valence electrons. The van der Waals surface area contributed by atoms with E-state index in [2.05, 4.69) is 6.92 Å². The molecule has 3 N–H and O–H groups in total. The SMILES string of the molecule is CCCCCc1cc(O)c(CC)c(O)c1C(=O)O. The number of carboxylic acid groups (broad SMARTS) is 1. The van der Waals surface area contributed by atoms with Gasteiger partial charge < -0.3 is 15.3 Å². The number of benzene rings is 1. The van der Waals surface area contributed by atoms with Gasteiger partial charge >= 0.3 is 5.97 Å². The van der Waals surface area contributed by atoms with E-state index in [9.17, 15) is 20.1 Å². The summed E-state index contributed by atoms with van der Waals surface area (Å²) >= 11 is 0. The number of aromatic carboxylic acids is 1. The van der Waals surface area contributed by atoms with Crippen molar-refractivity contribution >= 4 is 5.97 Å². The molecular weight excluding hydrogens is 232 g/mol. The number of phenolic OH excluding ortho intramolecular Hbond substituents is 1. The van der Waals surface area contributed by atoms with Gasteiger partial charge in [-0.1, -0.05) is 26.7 Å². The van der Waals surface area contributed by atoms with E-state index in [1.807, 2.05) is 0 Å². The number of aryl methyl sites for hydroxylation is 1. The molecule has 0 saturated heterocycles. The van der Waals surface area contributed by atoms with Gasteiger partial charge in [0.15, 0.2) is 0 Å². The first-order valence-electron chi connectivity index (χ1n) is 6.32. The summed E-state index contributed by atoms with van der Waals surface area (Å²) in [6.07, 6.45) is 3.83. The van der Waals surface area contributed by atoms with Crippen LogP contribution in [0.4, 0.5) is 0 Å². The first-order valence-corrected chi connectivity index (χ1v) is 6.32. The largest absolute Gasteiger partial charge is 0.508 e. The molecule has 0 fully saturated rings. The van der Waals surface area contributed by atoms with Crippen LogP contribution in [-0.4, -0.2) is 21.3 Å². The predicted octanol–water partition coefficient (Wildman–Crippen LogP) is 3.09. The second-order valence-corrected chi connectivity index (χ2v) is 4.37. The molecule has 0 amide bonds. The van der Waals surface area contributed by atoms with Crippen LogP contribution in [0, 0.1) is 0 Å². The van der Waals surface area contributed by atoms with Crippen molar-refractivity contribution in [1.82, 2.24) is 0 Å². The number of hydrogen-bond donors (Lipinski definition) is 3. The van der Waals surface area contributed by atoms with Gasteiger partial charge in [0.25, 0.3) is 0 Å². The van der Waals surface area contributed by atoms with Crippen LogP contribution in [0.3, 0.4) is 0 Å². The average Bonchev–Trinajstić information content (AvgIpc) is 2.28. The van der Waals surface area contributed by atoms with Crippen LogP contribution in [0.1, 0.15) is 54.6 Å². The maximum absolute atomic E-state index is 11.2. The van der Waals surface area contributed by atoms with Crippen molar-refractivity contribution in [2.45, 2.75) is 46.0 Å². The number of phenols is 2. The van der Waals surface area contributed by atoms with E-state index in [-0.39, 0.29) is 17.1 Å². The molecule has 0 aliphatic heterocycles. The molecule has 1 aromatic carbocycles. The van der Waals surface area contributed by atoms with Crippen LogP contribution >= 0.6 is 0 Å². The summed E-state index contributed by atoms with van der Waals surface area (Å²) in [5.74, 6) is -1.46. The Morgan fingerprint density at radius 3 is 2.39 bits per heavy atom. The number of rotatable bonds is 6. The van der Waals surface area contributed by atoms with Gasteiger partial charge in [-0.2, -0.15) is 0 Å². The second-order valence-electron chi connectivity index (χ2n) is 4.37. The van der Waals surface area contributed by atoms with Crippen LogP contribution in [0.25, 0.3) is 0 Å². The lowest BCUT2D eigenvalue weighted by atomic mass is 9.96. The summed E-state index contributed by atoms with van der Waals surface area (Å²) in [6, 6.07) is 1.47. The Balaban J connectivity index is 3.19. The van der Waals surface area contributed by atoms with Crippen molar-refractivity contribution in [3.05, 3.63) is 22.8 Å². The van der Waals surface area contributed by atoms with E-state index in [0.29, 0.717) is 24.0 Å². The lowest BCUT2D eigenvalue weighted by Crippen LogP contribution is -2.05. The molecule has 0 aliphatic rings. The Morgan fingerprint density at radius 1 is 1.22 bits per heavy atom. The number of unbranched alkanes of at least 4 members (excludes halogenated alkanes) is 2. The smallest absolute Gasteiger partial charge is 0.339 e. The summed E-state index contributed by atoms with van der Waals surface area (Å²) in [5, 5.41) is 28.9. The van der Waals surface area contributed by atoms with Gasteiger partial charge in [-0.15, -0.1) is 0 Å². The summed E-state index contributed by atoms with van der Waals surface area (Å²) in [5.41, 5.74) is 0.732. The van der Waals surface area contributed by atoms with Crippen LogP contribution < -0.4 is 0 Å². The molecule has 0 atom stereocenters. The molecule has 0 aromatic heterocycles. The number of hydrogen-bond acceptors (Lipinski definition) is 3. The van der Waals surface area contributed by atoms with Gasteiger partial charge in [-0.3, -0.25) is 0 Å². The molecule has 0 saturated carbocycles. The molecular formula is C14H20O4. The fourth-order valence-corrected chi connectivity index (χ4v) is 2.10.